The summed E-state index contributed by atoms with van der Waals surface area (Å²) in [5, 5.41) is 0. The monoisotopic (exact) mass is 460 g/mol. The van der Waals surface area contributed by atoms with E-state index in [1.54, 1.807) is 18.1 Å². The Bertz CT molecular complexity index is 1030. The van der Waals surface area contributed by atoms with Crippen LogP contribution in [0.1, 0.15) is 55.1 Å². The van der Waals surface area contributed by atoms with Crippen LogP contribution in [0.25, 0.3) is 0 Å². The first-order valence-electron chi connectivity index (χ1n) is 10.9. The second-order valence-electron chi connectivity index (χ2n) is 8.44. The highest BCUT2D eigenvalue weighted by molar-refractivity contribution is 7.89. The number of benzene rings is 2. The molecule has 0 saturated carbocycles. The zero-order valence-electron chi connectivity index (χ0n) is 19.1. The molecular formula is C24H32N2O5S. The molecule has 0 unspecified atom stereocenters. The van der Waals surface area contributed by atoms with Gasteiger partial charge in [0.15, 0.2) is 0 Å². The summed E-state index contributed by atoms with van der Waals surface area (Å²) in [5.41, 5.74) is 1.12. The molecule has 0 spiro atoms. The maximum absolute atomic E-state index is 13.3. The molecule has 1 fully saturated rings. The average Bonchev–Trinajstić information content (AvgIpc) is 3.32. The molecule has 7 nitrogen and oxygen atoms in total. The molecule has 8 heteroatoms. The molecule has 2 aromatic rings. The number of nitrogens with one attached hydrogen (secondary N) is 1. The van der Waals surface area contributed by atoms with E-state index >= 15 is 0 Å². The van der Waals surface area contributed by atoms with Gasteiger partial charge in [-0.15, -0.1) is 0 Å². The number of nitrogens with zero attached hydrogens (tertiary/aromatic N) is 1. The highest BCUT2D eigenvalue weighted by Crippen LogP contribution is 2.29. The fourth-order valence-corrected chi connectivity index (χ4v) is 5.19. The van der Waals surface area contributed by atoms with Gasteiger partial charge in [-0.25, -0.2) is 13.1 Å². The van der Waals surface area contributed by atoms with Crippen LogP contribution in [0.15, 0.2) is 47.4 Å². The van der Waals surface area contributed by atoms with E-state index in [2.05, 4.69) is 4.72 Å². The van der Waals surface area contributed by atoms with Gasteiger partial charge in [0.1, 0.15) is 11.5 Å². The molecule has 0 bridgehead atoms. The number of amides is 1. The van der Waals surface area contributed by atoms with Gasteiger partial charge in [0.2, 0.25) is 10.0 Å². The van der Waals surface area contributed by atoms with Crippen molar-refractivity contribution in [1.29, 1.82) is 0 Å². The number of hydrogen-bond donors (Lipinski definition) is 1. The van der Waals surface area contributed by atoms with Crippen LogP contribution in [-0.2, 0) is 10.0 Å². The molecule has 32 heavy (non-hydrogen) atoms. The topological polar surface area (TPSA) is 84.9 Å². The molecule has 1 heterocycles. The minimum atomic E-state index is -3.88. The smallest absolute Gasteiger partial charge is 0.257 e. The van der Waals surface area contributed by atoms with Gasteiger partial charge in [0.25, 0.3) is 5.91 Å². The number of methoxy groups -OCH3 is 2. The number of rotatable bonds is 9. The first-order chi connectivity index (χ1) is 15.2. The Morgan fingerprint density at radius 1 is 1.03 bits per heavy atom. The number of carbonyl (C=O) groups excluding carboxylic acids is 1. The molecule has 3 rings (SSSR count). The van der Waals surface area contributed by atoms with Crippen molar-refractivity contribution in [1.82, 2.24) is 9.62 Å². The molecule has 2 aromatic carbocycles. The van der Waals surface area contributed by atoms with E-state index < -0.39 is 16.1 Å². The van der Waals surface area contributed by atoms with E-state index in [1.807, 2.05) is 38.1 Å². The van der Waals surface area contributed by atoms with E-state index in [1.165, 1.54) is 19.2 Å². The van der Waals surface area contributed by atoms with Crippen molar-refractivity contribution in [3.05, 3.63) is 53.6 Å². The van der Waals surface area contributed by atoms with Crippen LogP contribution >= 0.6 is 0 Å². The lowest BCUT2D eigenvalue weighted by molar-refractivity contribution is 0.0789. The minimum absolute atomic E-state index is 0.0446. The molecule has 0 aromatic heterocycles. The van der Waals surface area contributed by atoms with Crippen molar-refractivity contribution in [2.45, 2.75) is 44.0 Å². The molecule has 174 valence electrons. The van der Waals surface area contributed by atoms with E-state index in [4.69, 9.17) is 9.47 Å². The fraction of sp³-hybridized carbons (Fsp3) is 0.458. The van der Waals surface area contributed by atoms with Gasteiger partial charge in [-0.05, 0) is 61.1 Å². The van der Waals surface area contributed by atoms with Gasteiger partial charge in [-0.1, -0.05) is 26.0 Å². The fourth-order valence-electron chi connectivity index (χ4n) is 3.93. The Morgan fingerprint density at radius 3 is 2.25 bits per heavy atom. The Morgan fingerprint density at radius 2 is 1.69 bits per heavy atom. The number of sulfonamides is 1. The molecule has 0 aliphatic carbocycles. The molecular weight excluding hydrogens is 428 g/mol. The van der Waals surface area contributed by atoms with Crippen molar-refractivity contribution >= 4 is 15.9 Å². The summed E-state index contributed by atoms with van der Waals surface area (Å²) in [6.45, 7) is 5.44. The molecule has 1 amide bonds. The predicted octanol–water partition coefficient (Wildman–Crippen LogP) is 4.01. The maximum Gasteiger partial charge on any atom is 0.257 e. The highest BCUT2D eigenvalue weighted by atomic mass is 32.2. The van der Waals surface area contributed by atoms with Crippen molar-refractivity contribution in [2.24, 2.45) is 5.92 Å². The summed E-state index contributed by atoms with van der Waals surface area (Å²) in [7, 11) is -0.813. The first kappa shape index (κ1) is 24.1. The van der Waals surface area contributed by atoms with Crippen molar-refractivity contribution in [3.63, 3.8) is 0 Å². The summed E-state index contributed by atoms with van der Waals surface area (Å²) >= 11 is 0. The van der Waals surface area contributed by atoms with Crippen molar-refractivity contribution in [3.8, 4) is 11.5 Å². The number of hydrogen-bond acceptors (Lipinski definition) is 5. The quantitative estimate of drug-likeness (QED) is 0.611. The third-order valence-corrected chi connectivity index (χ3v) is 7.10. The van der Waals surface area contributed by atoms with Crippen LogP contribution in [0.3, 0.4) is 0 Å². The van der Waals surface area contributed by atoms with Gasteiger partial charge in [0, 0.05) is 19.1 Å². The largest absolute Gasteiger partial charge is 0.497 e. The third-order valence-electron chi connectivity index (χ3n) is 5.63. The van der Waals surface area contributed by atoms with Gasteiger partial charge >= 0.3 is 0 Å². The lowest BCUT2D eigenvalue weighted by Gasteiger charge is -2.22. The summed E-state index contributed by atoms with van der Waals surface area (Å²) in [6.07, 6.45) is 2.53. The first-order valence-corrected chi connectivity index (χ1v) is 12.4. The molecule has 1 aliphatic heterocycles. The Balaban J connectivity index is 1.92. The van der Waals surface area contributed by atoms with Crippen LogP contribution in [-0.4, -0.2) is 46.5 Å². The summed E-state index contributed by atoms with van der Waals surface area (Å²) in [6, 6.07) is 11.4. The van der Waals surface area contributed by atoms with Crippen LogP contribution < -0.4 is 14.2 Å². The van der Waals surface area contributed by atoms with E-state index in [0.717, 1.165) is 18.4 Å². The lowest BCUT2D eigenvalue weighted by atomic mass is 9.98. The highest BCUT2D eigenvalue weighted by Gasteiger charge is 2.27. The number of carbonyl (C=O) groups is 1. The Hall–Kier alpha value is -2.58. The SMILES string of the molecule is COc1ccc([C@@H](CC(C)C)NS(=O)(=O)c2ccc(OC)c(C(=O)N3CCCC3)c2)cc1. The van der Waals surface area contributed by atoms with Crippen molar-refractivity contribution in [2.75, 3.05) is 27.3 Å². The summed E-state index contributed by atoms with van der Waals surface area (Å²) in [5.74, 6) is 1.15. The molecule has 0 radical (unpaired) electrons. The van der Waals surface area contributed by atoms with Crippen molar-refractivity contribution < 1.29 is 22.7 Å². The Kier molecular flexibility index (Phi) is 7.79. The van der Waals surface area contributed by atoms with E-state index in [9.17, 15) is 13.2 Å². The minimum Gasteiger partial charge on any atom is -0.497 e. The van der Waals surface area contributed by atoms with Gasteiger partial charge < -0.3 is 14.4 Å². The number of likely N-dealkylation sites (tertiary alicyclic amines) is 1. The number of ether oxygens (including phenoxy) is 2. The molecule has 1 saturated heterocycles. The van der Waals surface area contributed by atoms with Crippen LogP contribution in [0.4, 0.5) is 0 Å². The van der Waals surface area contributed by atoms with E-state index in [0.29, 0.717) is 31.0 Å². The second-order valence-corrected chi connectivity index (χ2v) is 10.2. The van der Waals surface area contributed by atoms with E-state index in [-0.39, 0.29) is 22.3 Å². The molecule has 1 N–H and O–H groups in total. The second kappa shape index (κ2) is 10.4. The lowest BCUT2D eigenvalue weighted by Crippen LogP contribution is -2.31. The van der Waals surface area contributed by atoms with Crippen LogP contribution in [0.5, 0.6) is 11.5 Å². The predicted molar refractivity (Wildman–Crippen MR) is 124 cm³/mol. The third kappa shape index (κ3) is 5.61. The standard InChI is InChI=1S/C24H32N2O5S/c1-17(2)15-22(18-7-9-19(30-3)10-8-18)25-32(28,29)20-11-12-23(31-4)21(16-20)24(27)26-13-5-6-14-26/h7-12,16-17,22,25H,5-6,13-15H2,1-4H3/t22-/m1/s1. The maximum atomic E-state index is 13.3. The Labute approximate surface area is 190 Å². The molecule has 1 atom stereocenters. The molecule has 1 aliphatic rings. The summed E-state index contributed by atoms with van der Waals surface area (Å²) < 4.78 is 40.0. The average molecular weight is 461 g/mol. The van der Waals surface area contributed by atoms with Crippen LogP contribution in [0, 0.1) is 5.92 Å². The zero-order valence-corrected chi connectivity index (χ0v) is 19.9. The van der Waals surface area contributed by atoms with Gasteiger partial charge in [0.05, 0.1) is 24.7 Å². The summed E-state index contributed by atoms with van der Waals surface area (Å²) in [4.78, 5) is 14.8. The van der Waals surface area contributed by atoms with Gasteiger partial charge in [-0.2, -0.15) is 0 Å². The zero-order chi connectivity index (χ0) is 23.3. The van der Waals surface area contributed by atoms with Crippen LogP contribution in [0.2, 0.25) is 0 Å². The normalized spacial score (nSPS) is 15.1. The van der Waals surface area contributed by atoms with Gasteiger partial charge in [-0.3, -0.25) is 4.79 Å².